The van der Waals surface area contributed by atoms with E-state index in [1.807, 2.05) is 6.92 Å². The number of rotatable bonds is 7. The lowest BCUT2D eigenvalue weighted by molar-refractivity contribution is -0.131. The maximum Gasteiger partial charge on any atom is 0.327 e. The van der Waals surface area contributed by atoms with Gasteiger partial charge in [0.1, 0.15) is 5.54 Å². The number of thioether (sulfide) groups is 2. The fraction of sp³-hybridized carbons (Fsp3) is 0.786. The third kappa shape index (κ3) is 4.16. The first-order valence-corrected chi connectivity index (χ1v) is 9.12. The summed E-state index contributed by atoms with van der Waals surface area (Å²) in [5, 5.41) is 0.456. The number of carbonyl (C=O) groups is 3. The van der Waals surface area contributed by atoms with Crippen molar-refractivity contribution in [2.45, 2.75) is 44.9 Å². The number of hydrogen-bond acceptors (Lipinski definition) is 5. The van der Waals surface area contributed by atoms with E-state index < -0.39 is 5.54 Å². The fourth-order valence-electron chi connectivity index (χ4n) is 1.97. The highest BCUT2D eigenvalue weighted by molar-refractivity contribution is 8.13. The molecule has 21 heavy (non-hydrogen) atoms. The summed E-state index contributed by atoms with van der Waals surface area (Å²) >= 11 is 2.85. The van der Waals surface area contributed by atoms with Crippen LogP contribution in [0.25, 0.3) is 0 Å². The number of imide groups is 1. The van der Waals surface area contributed by atoms with Crippen LogP contribution in [0.1, 0.15) is 34.1 Å². The van der Waals surface area contributed by atoms with Crippen LogP contribution in [0.3, 0.4) is 0 Å². The highest BCUT2D eigenvalue weighted by atomic mass is 32.2. The van der Waals surface area contributed by atoms with Crippen LogP contribution in [0.4, 0.5) is 4.79 Å². The molecule has 0 aromatic carbocycles. The molecule has 0 aromatic rings. The van der Waals surface area contributed by atoms with Gasteiger partial charge in [-0.1, -0.05) is 25.6 Å². The summed E-state index contributed by atoms with van der Waals surface area (Å²) in [5.41, 5.74) is -0.786. The van der Waals surface area contributed by atoms with E-state index in [2.05, 4.69) is 13.8 Å². The molecule has 7 heteroatoms. The summed E-state index contributed by atoms with van der Waals surface area (Å²) in [5.74, 6) is 0.893. The van der Waals surface area contributed by atoms with Crippen molar-refractivity contribution in [2.24, 2.45) is 0 Å². The highest BCUT2D eigenvalue weighted by Crippen LogP contribution is 2.31. The molecule has 1 fully saturated rings. The zero-order valence-corrected chi connectivity index (χ0v) is 15.0. The second-order valence-corrected chi connectivity index (χ2v) is 8.14. The first-order chi connectivity index (χ1) is 9.74. The Balaban J connectivity index is 2.72. The minimum atomic E-state index is -0.786. The van der Waals surface area contributed by atoms with Gasteiger partial charge in [-0.2, -0.15) is 11.8 Å². The predicted molar refractivity (Wildman–Crippen MR) is 88.6 cm³/mol. The molecule has 0 spiro atoms. The van der Waals surface area contributed by atoms with E-state index in [-0.39, 0.29) is 23.6 Å². The third-order valence-corrected chi connectivity index (χ3v) is 6.23. The molecule has 0 saturated carbocycles. The van der Waals surface area contributed by atoms with Crippen LogP contribution in [0, 0.1) is 0 Å². The Kier molecular flexibility index (Phi) is 6.59. The van der Waals surface area contributed by atoms with E-state index in [1.54, 1.807) is 18.8 Å². The Morgan fingerprint density at radius 3 is 2.52 bits per heavy atom. The van der Waals surface area contributed by atoms with Gasteiger partial charge in [0.05, 0.1) is 0 Å². The normalized spacial score (nSPS) is 23.9. The topological polar surface area (TPSA) is 57.7 Å². The molecule has 0 aliphatic carbocycles. The monoisotopic (exact) mass is 332 g/mol. The zero-order valence-electron chi connectivity index (χ0n) is 13.3. The van der Waals surface area contributed by atoms with Crippen LogP contribution < -0.4 is 0 Å². The van der Waals surface area contributed by atoms with Gasteiger partial charge in [-0.3, -0.25) is 14.5 Å². The molecule has 5 nitrogen and oxygen atoms in total. The summed E-state index contributed by atoms with van der Waals surface area (Å²) in [4.78, 5) is 38.6. The number of nitrogens with zero attached hydrogens (tertiary/aromatic N) is 2. The van der Waals surface area contributed by atoms with E-state index in [0.29, 0.717) is 16.8 Å². The number of amides is 3. The summed E-state index contributed by atoms with van der Waals surface area (Å²) in [7, 11) is 1.68. The molecule has 1 saturated heterocycles. The van der Waals surface area contributed by atoms with Crippen molar-refractivity contribution in [1.82, 2.24) is 9.80 Å². The van der Waals surface area contributed by atoms with Gasteiger partial charge in [0.2, 0.25) is 0 Å². The first kappa shape index (κ1) is 18.4. The standard InChI is InChI=1S/C14H24N2O3S2/c1-6-10(2)21-9-14(4)12(18)16(13(19)15(14)5)7-8-20-11(3)17/h10H,6-9H2,1-5H3. The fourth-order valence-corrected chi connectivity index (χ4v) is 3.70. The van der Waals surface area contributed by atoms with Crippen molar-refractivity contribution in [3.8, 4) is 0 Å². The Morgan fingerprint density at radius 1 is 1.38 bits per heavy atom. The molecule has 0 N–H and O–H groups in total. The Bertz CT molecular complexity index is 430. The Labute approximate surface area is 135 Å². The molecule has 1 rings (SSSR count). The zero-order chi connectivity index (χ0) is 16.2. The quantitative estimate of drug-likeness (QED) is 0.670. The van der Waals surface area contributed by atoms with Gasteiger partial charge < -0.3 is 4.90 Å². The average molecular weight is 332 g/mol. The smallest absolute Gasteiger partial charge is 0.312 e. The molecule has 2 unspecified atom stereocenters. The van der Waals surface area contributed by atoms with Gasteiger partial charge in [0.15, 0.2) is 5.12 Å². The minimum Gasteiger partial charge on any atom is -0.312 e. The number of hydrogen-bond donors (Lipinski definition) is 0. The van der Waals surface area contributed by atoms with Crippen molar-refractivity contribution in [3.63, 3.8) is 0 Å². The number of urea groups is 1. The van der Waals surface area contributed by atoms with Crippen molar-refractivity contribution in [1.29, 1.82) is 0 Å². The van der Waals surface area contributed by atoms with E-state index in [4.69, 9.17) is 0 Å². The highest BCUT2D eigenvalue weighted by Gasteiger charge is 2.52. The second-order valence-electron chi connectivity index (χ2n) is 5.44. The molecule has 1 aliphatic heterocycles. The maximum absolute atomic E-state index is 12.6. The summed E-state index contributed by atoms with van der Waals surface area (Å²) < 4.78 is 0. The summed E-state index contributed by atoms with van der Waals surface area (Å²) in [6, 6.07) is -0.267. The van der Waals surface area contributed by atoms with Crippen LogP contribution in [0.15, 0.2) is 0 Å². The third-order valence-electron chi connectivity index (χ3n) is 3.81. The van der Waals surface area contributed by atoms with Crippen LogP contribution in [0.5, 0.6) is 0 Å². The van der Waals surface area contributed by atoms with Crippen molar-refractivity contribution < 1.29 is 14.4 Å². The van der Waals surface area contributed by atoms with Gasteiger partial charge in [-0.25, -0.2) is 4.79 Å². The molecule has 0 aromatic heterocycles. The van der Waals surface area contributed by atoms with Crippen LogP contribution >= 0.6 is 23.5 Å². The summed E-state index contributed by atoms with van der Waals surface area (Å²) in [6.45, 7) is 7.82. The van der Waals surface area contributed by atoms with Gasteiger partial charge in [-0.05, 0) is 13.3 Å². The van der Waals surface area contributed by atoms with Gasteiger partial charge in [0.25, 0.3) is 5.91 Å². The minimum absolute atomic E-state index is 0.00228. The lowest BCUT2D eigenvalue weighted by atomic mass is 10.0. The molecular formula is C14H24N2O3S2. The van der Waals surface area contributed by atoms with E-state index in [9.17, 15) is 14.4 Å². The second kappa shape index (κ2) is 7.54. The van der Waals surface area contributed by atoms with Crippen LogP contribution in [-0.4, -0.2) is 62.7 Å². The molecule has 1 aliphatic rings. The summed E-state index contributed by atoms with van der Waals surface area (Å²) in [6.07, 6.45) is 1.03. The molecule has 2 atom stereocenters. The Morgan fingerprint density at radius 2 is 2.00 bits per heavy atom. The van der Waals surface area contributed by atoms with Crippen molar-refractivity contribution in [3.05, 3.63) is 0 Å². The van der Waals surface area contributed by atoms with E-state index >= 15 is 0 Å². The number of likely N-dealkylation sites (N-methyl/N-ethyl adjacent to an activating group) is 1. The molecule has 3 amide bonds. The molecular weight excluding hydrogens is 308 g/mol. The maximum atomic E-state index is 12.6. The molecule has 0 bridgehead atoms. The van der Waals surface area contributed by atoms with Crippen LogP contribution in [0.2, 0.25) is 0 Å². The lowest BCUT2D eigenvalue weighted by Gasteiger charge is -2.29. The van der Waals surface area contributed by atoms with Gasteiger partial charge >= 0.3 is 6.03 Å². The average Bonchev–Trinajstić information content (AvgIpc) is 2.60. The molecule has 0 radical (unpaired) electrons. The molecule has 120 valence electrons. The van der Waals surface area contributed by atoms with Gasteiger partial charge in [0, 0.05) is 37.3 Å². The van der Waals surface area contributed by atoms with Gasteiger partial charge in [-0.15, -0.1) is 0 Å². The SMILES string of the molecule is CCC(C)SCC1(C)C(=O)N(CCSC(C)=O)C(=O)N1C. The predicted octanol–water partition coefficient (Wildman–Crippen LogP) is 2.45. The largest absolute Gasteiger partial charge is 0.327 e. The Hall–Kier alpha value is -0.690. The van der Waals surface area contributed by atoms with Crippen molar-refractivity contribution >= 4 is 40.6 Å². The van der Waals surface area contributed by atoms with Crippen molar-refractivity contribution in [2.75, 3.05) is 25.1 Å². The first-order valence-electron chi connectivity index (χ1n) is 7.08. The molecule has 1 heterocycles. The van der Waals surface area contributed by atoms with E-state index in [0.717, 1.165) is 18.2 Å². The lowest BCUT2D eigenvalue weighted by Crippen LogP contribution is -2.47. The van der Waals surface area contributed by atoms with E-state index in [1.165, 1.54) is 16.7 Å². The van der Waals surface area contributed by atoms with Crippen LogP contribution in [-0.2, 0) is 9.59 Å². The number of carbonyl (C=O) groups excluding carboxylic acids is 3.